The molecule has 1 aromatic heterocycles. The van der Waals surface area contributed by atoms with Crippen LogP contribution in [0.4, 0.5) is 19.0 Å². The first-order chi connectivity index (χ1) is 8.96. The zero-order valence-corrected chi connectivity index (χ0v) is 10.1. The van der Waals surface area contributed by atoms with Crippen molar-refractivity contribution in [3.05, 3.63) is 23.9 Å². The maximum atomic E-state index is 12.2. The number of alkyl halides is 3. The third kappa shape index (κ3) is 4.10. The lowest BCUT2D eigenvalue weighted by atomic mass is 10.2. The molecule has 7 heteroatoms. The van der Waals surface area contributed by atoms with E-state index in [1.807, 2.05) is 6.07 Å². The van der Waals surface area contributed by atoms with Crippen molar-refractivity contribution in [2.75, 3.05) is 25.0 Å². The van der Waals surface area contributed by atoms with Crippen molar-refractivity contribution in [1.82, 2.24) is 9.88 Å². The molecule has 1 aromatic rings. The number of rotatable bonds is 3. The van der Waals surface area contributed by atoms with Gasteiger partial charge in [-0.05, 0) is 18.6 Å². The Bertz CT molecular complexity index is 463. The number of anilines is 1. The van der Waals surface area contributed by atoms with Gasteiger partial charge in [-0.15, -0.1) is 0 Å². The third-order valence-corrected chi connectivity index (χ3v) is 2.92. The van der Waals surface area contributed by atoms with E-state index in [1.165, 1.54) is 11.1 Å². The molecular formula is C12H13F3N4. The SMILES string of the molecule is N#Cc1ccc(N[C@@H]2CCN(CC(F)(F)F)C2)nc1. The van der Waals surface area contributed by atoms with Gasteiger partial charge in [-0.2, -0.15) is 18.4 Å². The molecule has 1 aliphatic heterocycles. The van der Waals surface area contributed by atoms with E-state index in [0.717, 1.165) is 0 Å². The number of halogens is 3. The summed E-state index contributed by atoms with van der Waals surface area (Å²) in [7, 11) is 0. The van der Waals surface area contributed by atoms with E-state index in [4.69, 9.17) is 5.26 Å². The summed E-state index contributed by atoms with van der Waals surface area (Å²) in [6.07, 6.45) is -2.07. The van der Waals surface area contributed by atoms with E-state index in [9.17, 15) is 13.2 Å². The molecule has 19 heavy (non-hydrogen) atoms. The highest BCUT2D eigenvalue weighted by atomic mass is 19.4. The van der Waals surface area contributed by atoms with Gasteiger partial charge in [0.15, 0.2) is 0 Å². The van der Waals surface area contributed by atoms with Crippen molar-refractivity contribution in [3.63, 3.8) is 0 Å². The second kappa shape index (κ2) is 5.45. The molecule has 2 heterocycles. The molecule has 102 valence electrons. The van der Waals surface area contributed by atoms with Crippen LogP contribution in [0.15, 0.2) is 18.3 Å². The molecule has 1 saturated heterocycles. The minimum atomic E-state index is -4.15. The summed E-state index contributed by atoms with van der Waals surface area (Å²) in [5.74, 6) is 0.581. The summed E-state index contributed by atoms with van der Waals surface area (Å²) >= 11 is 0. The van der Waals surface area contributed by atoms with E-state index >= 15 is 0 Å². The number of nitrogens with zero attached hydrogens (tertiary/aromatic N) is 3. The van der Waals surface area contributed by atoms with E-state index in [-0.39, 0.29) is 6.04 Å². The van der Waals surface area contributed by atoms with Crippen molar-refractivity contribution < 1.29 is 13.2 Å². The van der Waals surface area contributed by atoms with E-state index in [0.29, 0.717) is 30.9 Å². The number of nitrogens with one attached hydrogen (secondary N) is 1. The molecule has 1 fully saturated rings. The van der Waals surface area contributed by atoms with Gasteiger partial charge in [0.05, 0.1) is 12.1 Å². The number of nitriles is 1. The van der Waals surface area contributed by atoms with Gasteiger partial charge >= 0.3 is 6.18 Å². The Kier molecular flexibility index (Phi) is 3.90. The molecule has 0 radical (unpaired) electrons. The number of hydrogen-bond acceptors (Lipinski definition) is 4. The molecule has 0 aliphatic carbocycles. The van der Waals surface area contributed by atoms with E-state index < -0.39 is 12.7 Å². The molecule has 0 unspecified atom stereocenters. The van der Waals surface area contributed by atoms with Crippen LogP contribution in [-0.4, -0.2) is 41.7 Å². The summed E-state index contributed by atoms with van der Waals surface area (Å²) in [6, 6.07) is 5.20. The standard InChI is InChI=1S/C12H13F3N4/c13-12(14,15)8-19-4-3-10(7-19)18-11-2-1-9(5-16)6-17-11/h1-2,6,10H,3-4,7-8H2,(H,17,18)/t10-/m1/s1. The fraction of sp³-hybridized carbons (Fsp3) is 0.500. The zero-order chi connectivity index (χ0) is 13.9. The van der Waals surface area contributed by atoms with Gasteiger partial charge in [0.25, 0.3) is 0 Å². The largest absolute Gasteiger partial charge is 0.401 e. The predicted molar refractivity (Wildman–Crippen MR) is 63.5 cm³/mol. The van der Waals surface area contributed by atoms with Gasteiger partial charge in [0, 0.05) is 25.3 Å². The van der Waals surface area contributed by atoms with Crippen LogP contribution in [0.2, 0.25) is 0 Å². The molecule has 0 spiro atoms. The molecule has 1 atom stereocenters. The van der Waals surface area contributed by atoms with Crippen molar-refractivity contribution in [2.24, 2.45) is 0 Å². The molecule has 1 N–H and O–H groups in total. The Morgan fingerprint density at radius 2 is 2.26 bits per heavy atom. The molecular weight excluding hydrogens is 257 g/mol. The van der Waals surface area contributed by atoms with Crippen molar-refractivity contribution >= 4 is 5.82 Å². The minimum Gasteiger partial charge on any atom is -0.366 e. The second-order valence-corrected chi connectivity index (χ2v) is 4.52. The van der Waals surface area contributed by atoms with Gasteiger partial charge in [0.1, 0.15) is 11.9 Å². The van der Waals surface area contributed by atoms with Gasteiger partial charge < -0.3 is 5.32 Å². The van der Waals surface area contributed by atoms with Crippen LogP contribution in [0.3, 0.4) is 0 Å². The number of hydrogen-bond donors (Lipinski definition) is 1. The molecule has 2 rings (SSSR count). The van der Waals surface area contributed by atoms with Crippen LogP contribution in [-0.2, 0) is 0 Å². The van der Waals surface area contributed by atoms with Crippen molar-refractivity contribution in [1.29, 1.82) is 5.26 Å². The number of pyridine rings is 1. The maximum Gasteiger partial charge on any atom is 0.401 e. The Morgan fingerprint density at radius 3 is 2.84 bits per heavy atom. The fourth-order valence-electron chi connectivity index (χ4n) is 2.10. The van der Waals surface area contributed by atoms with Crippen LogP contribution in [0.5, 0.6) is 0 Å². The smallest absolute Gasteiger partial charge is 0.366 e. The highest BCUT2D eigenvalue weighted by Gasteiger charge is 2.34. The zero-order valence-electron chi connectivity index (χ0n) is 10.1. The first kappa shape index (κ1) is 13.6. The first-order valence-electron chi connectivity index (χ1n) is 5.88. The average Bonchev–Trinajstić information content (AvgIpc) is 2.75. The van der Waals surface area contributed by atoms with Crippen molar-refractivity contribution in [3.8, 4) is 6.07 Å². The fourth-order valence-corrected chi connectivity index (χ4v) is 2.10. The average molecular weight is 270 g/mol. The molecule has 0 saturated carbocycles. The lowest BCUT2D eigenvalue weighted by Gasteiger charge is -2.18. The van der Waals surface area contributed by atoms with Gasteiger partial charge in [-0.25, -0.2) is 4.98 Å². The minimum absolute atomic E-state index is 0.0391. The van der Waals surface area contributed by atoms with Gasteiger partial charge in [-0.1, -0.05) is 0 Å². The summed E-state index contributed by atoms with van der Waals surface area (Å²) < 4.78 is 36.7. The van der Waals surface area contributed by atoms with E-state index in [2.05, 4.69) is 10.3 Å². The van der Waals surface area contributed by atoms with Crippen molar-refractivity contribution in [2.45, 2.75) is 18.6 Å². The Balaban J connectivity index is 1.86. The second-order valence-electron chi connectivity index (χ2n) is 4.52. The highest BCUT2D eigenvalue weighted by Crippen LogP contribution is 2.21. The highest BCUT2D eigenvalue weighted by molar-refractivity contribution is 5.40. The number of likely N-dealkylation sites (tertiary alicyclic amines) is 1. The van der Waals surface area contributed by atoms with Crippen LogP contribution in [0.1, 0.15) is 12.0 Å². The summed E-state index contributed by atoms with van der Waals surface area (Å²) in [5.41, 5.74) is 0.454. The predicted octanol–water partition coefficient (Wildman–Crippen LogP) is 2.00. The lowest BCUT2D eigenvalue weighted by Crippen LogP contribution is -2.34. The summed E-state index contributed by atoms with van der Waals surface area (Å²) in [6.45, 7) is -0.0966. The molecule has 0 bridgehead atoms. The topological polar surface area (TPSA) is 52.0 Å². The summed E-state index contributed by atoms with van der Waals surface area (Å²) in [4.78, 5) is 5.41. The molecule has 4 nitrogen and oxygen atoms in total. The summed E-state index contributed by atoms with van der Waals surface area (Å²) in [5, 5.41) is 11.7. The van der Waals surface area contributed by atoms with Gasteiger partial charge in [0.2, 0.25) is 0 Å². The molecule has 0 aromatic carbocycles. The first-order valence-corrected chi connectivity index (χ1v) is 5.88. The van der Waals surface area contributed by atoms with Gasteiger partial charge in [-0.3, -0.25) is 4.90 Å². The third-order valence-electron chi connectivity index (χ3n) is 2.92. The molecule has 0 amide bonds. The van der Waals surface area contributed by atoms with Crippen LogP contribution < -0.4 is 5.32 Å². The van der Waals surface area contributed by atoms with E-state index in [1.54, 1.807) is 12.1 Å². The monoisotopic (exact) mass is 270 g/mol. The van der Waals surface area contributed by atoms with Crippen LogP contribution >= 0.6 is 0 Å². The maximum absolute atomic E-state index is 12.2. The Morgan fingerprint density at radius 1 is 1.47 bits per heavy atom. The Hall–Kier alpha value is -1.81. The van der Waals surface area contributed by atoms with Crippen LogP contribution in [0, 0.1) is 11.3 Å². The molecule has 1 aliphatic rings. The Labute approximate surface area is 108 Å². The number of aromatic nitrogens is 1. The quantitative estimate of drug-likeness (QED) is 0.912. The normalized spacial score (nSPS) is 20.2. The lowest BCUT2D eigenvalue weighted by molar-refractivity contribution is -0.143. The van der Waals surface area contributed by atoms with Crippen LogP contribution in [0.25, 0.3) is 0 Å².